The molecule has 0 bridgehead atoms. The minimum absolute atomic E-state index is 0.340. The lowest BCUT2D eigenvalue weighted by molar-refractivity contribution is 0.152. The van der Waals surface area contributed by atoms with Crippen LogP contribution in [0.2, 0.25) is 0 Å². The van der Waals surface area contributed by atoms with Crippen LogP contribution in [0.25, 0.3) is 0 Å². The van der Waals surface area contributed by atoms with E-state index in [0.29, 0.717) is 24.7 Å². The molecule has 0 aliphatic carbocycles. The van der Waals surface area contributed by atoms with Crippen molar-refractivity contribution in [3.63, 3.8) is 0 Å². The standard InChI is InChI=1S/C19H19BrO4/c1-21-16-8-6-14(7-9-16)5-4-10-24-13-15-11-18(22-2)19(23-3)12-17(15)20/h6-9,11-12H,10,13H2,1-3H3. The number of ether oxygens (including phenoxy) is 4. The van der Waals surface area contributed by atoms with Gasteiger partial charge in [-0.15, -0.1) is 0 Å². The van der Waals surface area contributed by atoms with E-state index in [1.54, 1.807) is 21.3 Å². The minimum atomic E-state index is 0.340. The fourth-order valence-electron chi connectivity index (χ4n) is 2.03. The molecule has 2 aromatic rings. The molecule has 0 saturated heterocycles. The molecule has 0 aliphatic rings. The van der Waals surface area contributed by atoms with Crippen LogP contribution in [0.4, 0.5) is 0 Å². The molecule has 4 nitrogen and oxygen atoms in total. The van der Waals surface area contributed by atoms with E-state index in [9.17, 15) is 0 Å². The summed E-state index contributed by atoms with van der Waals surface area (Å²) in [6.45, 7) is 0.769. The third-order valence-electron chi connectivity index (χ3n) is 3.31. The molecule has 0 unspecified atom stereocenters. The SMILES string of the molecule is COc1ccc(C#CCOCc2cc(OC)c(OC)cc2Br)cc1. The second-order valence-corrected chi connectivity index (χ2v) is 5.68. The molecular weight excluding hydrogens is 372 g/mol. The molecule has 2 rings (SSSR count). The van der Waals surface area contributed by atoms with Crippen molar-refractivity contribution >= 4 is 15.9 Å². The highest BCUT2D eigenvalue weighted by Gasteiger charge is 2.09. The Morgan fingerprint density at radius 3 is 2.21 bits per heavy atom. The second-order valence-electron chi connectivity index (χ2n) is 4.82. The summed E-state index contributed by atoms with van der Waals surface area (Å²) in [6.07, 6.45) is 0. The van der Waals surface area contributed by atoms with Gasteiger partial charge in [0.2, 0.25) is 0 Å². The van der Waals surface area contributed by atoms with Gasteiger partial charge in [-0.3, -0.25) is 0 Å². The van der Waals surface area contributed by atoms with Crippen LogP contribution in [0, 0.1) is 11.8 Å². The van der Waals surface area contributed by atoms with Gasteiger partial charge in [0, 0.05) is 10.0 Å². The molecule has 0 aliphatic heterocycles. The van der Waals surface area contributed by atoms with E-state index in [1.807, 2.05) is 36.4 Å². The molecular formula is C19H19BrO4. The van der Waals surface area contributed by atoms with Crippen molar-refractivity contribution in [1.82, 2.24) is 0 Å². The molecule has 0 radical (unpaired) electrons. The van der Waals surface area contributed by atoms with Crippen molar-refractivity contribution in [2.45, 2.75) is 6.61 Å². The van der Waals surface area contributed by atoms with Gasteiger partial charge in [0.15, 0.2) is 11.5 Å². The van der Waals surface area contributed by atoms with Crippen molar-refractivity contribution in [3.8, 4) is 29.1 Å². The maximum Gasteiger partial charge on any atom is 0.161 e. The largest absolute Gasteiger partial charge is 0.497 e. The van der Waals surface area contributed by atoms with Crippen LogP contribution in [0.1, 0.15) is 11.1 Å². The normalized spacial score (nSPS) is 9.83. The quantitative estimate of drug-likeness (QED) is 0.550. The molecule has 0 spiro atoms. The minimum Gasteiger partial charge on any atom is -0.497 e. The zero-order valence-corrected chi connectivity index (χ0v) is 15.5. The van der Waals surface area contributed by atoms with Crippen LogP contribution in [0.15, 0.2) is 40.9 Å². The average molecular weight is 391 g/mol. The number of hydrogen-bond donors (Lipinski definition) is 0. The lowest BCUT2D eigenvalue weighted by Crippen LogP contribution is -1.97. The van der Waals surface area contributed by atoms with E-state index >= 15 is 0 Å². The van der Waals surface area contributed by atoms with Crippen LogP contribution in [-0.2, 0) is 11.3 Å². The number of hydrogen-bond acceptors (Lipinski definition) is 4. The van der Waals surface area contributed by atoms with E-state index in [4.69, 9.17) is 18.9 Å². The van der Waals surface area contributed by atoms with Gasteiger partial charge in [-0.1, -0.05) is 27.8 Å². The van der Waals surface area contributed by atoms with Gasteiger partial charge in [-0.05, 0) is 42.0 Å². The fourth-order valence-corrected chi connectivity index (χ4v) is 2.47. The van der Waals surface area contributed by atoms with Crippen LogP contribution in [0.5, 0.6) is 17.2 Å². The summed E-state index contributed by atoms with van der Waals surface area (Å²) < 4.78 is 22.2. The molecule has 0 saturated carbocycles. The summed E-state index contributed by atoms with van der Waals surface area (Å²) in [5, 5.41) is 0. The highest BCUT2D eigenvalue weighted by atomic mass is 79.9. The molecule has 0 heterocycles. The summed E-state index contributed by atoms with van der Waals surface area (Å²) in [4.78, 5) is 0. The van der Waals surface area contributed by atoms with Crippen molar-refractivity contribution in [1.29, 1.82) is 0 Å². The summed E-state index contributed by atoms with van der Waals surface area (Å²) in [6, 6.07) is 11.3. The van der Waals surface area contributed by atoms with Gasteiger partial charge in [-0.25, -0.2) is 0 Å². The Balaban J connectivity index is 1.91. The summed E-state index contributed by atoms with van der Waals surface area (Å²) in [5.41, 5.74) is 1.89. The number of benzene rings is 2. The van der Waals surface area contributed by atoms with Crippen molar-refractivity contribution in [2.75, 3.05) is 27.9 Å². The molecule has 0 atom stereocenters. The molecule has 5 heteroatoms. The first-order valence-corrected chi connectivity index (χ1v) is 8.08. The smallest absolute Gasteiger partial charge is 0.161 e. The number of halogens is 1. The average Bonchev–Trinajstić information content (AvgIpc) is 2.62. The molecule has 0 fully saturated rings. The van der Waals surface area contributed by atoms with Crippen molar-refractivity contribution < 1.29 is 18.9 Å². The Kier molecular flexibility index (Phi) is 6.98. The van der Waals surface area contributed by atoms with E-state index in [1.165, 1.54) is 0 Å². The topological polar surface area (TPSA) is 36.9 Å². The molecule has 24 heavy (non-hydrogen) atoms. The molecule has 0 amide bonds. The first kappa shape index (κ1) is 18.2. The maximum atomic E-state index is 5.62. The second kappa shape index (κ2) is 9.21. The Morgan fingerprint density at radius 2 is 1.58 bits per heavy atom. The summed E-state index contributed by atoms with van der Waals surface area (Å²) >= 11 is 3.51. The predicted molar refractivity (Wildman–Crippen MR) is 96.8 cm³/mol. The first-order chi connectivity index (χ1) is 11.7. The van der Waals surface area contributed by atoms with Crippen LogP contribution >= 0.6 is 15.9 Å². The van der Waals surface area contributed by atoms with Crippen LogP contribution < -0.4 is 14.2 Å². The Hall–Kier alpha value is -2.16. The van der Waals surface area contributed by atoms with Gasteiger partial charge < -0.3 is 18.9 Å². The highest BCUT2D eigenvalue weighted by Crippen LogP contribution is 2.33. The zero-order valence-electron chi connectivity index (χ0n) is 13.9. The fraction of sp³-hybridized carbons (Fsp3) is 0.263. The Labute approximate surface area is 150 Å². The van der Waals surface area contributed by atoms with E-state index in [0.717, 1.165) is 21.3 Å². The summed E-state index contributed by atoms with van der Waals surface area (Å²) in [5.74, 6) is 8.20. The van der Waals surface area contributed by atoms with Gasteiger partial charge in [0.25, 0.3) is 0 Å². The zero-order chi connectivity index (χ0) is 17.4. The Bertz CT molecular complexity index is 730. The Morgan fingerprint density at radius 1 is 0.917 bits per heavy atom. The van der Waals surface area contributed by atoms with E-state index in [-0.39, 0.29) is 0 Å². The first-order valence-electron chi connectivity index (χ1n) is 7.29. The molecule has 126 valence electrons. The third kappa shape index (κ3) is 4.92. The van der Waals surface area contributed by atoms with Gasteiger partial charge in [0.05, 0.1) is 27.9 Å². The van der Waals surface area contributed by atoms with Gasteiger partial charge in [0.1, 0.15) is 12.4 Å². The van der Waals surface area contributed by atoms with Crippen molar-refractivity contribution in [3.05, 3.63) is 52.0 Å². The molecule has 0 N–H and O–H groups in total. The van der Waals surface area contributed by atoms with Gasteiger partial charge in [-0.2, -0.15) is 0 Å². The maximum absolute atomic E-state index is 5.62. The van der Waals surface area contributed by atoms with Crippen LogP contribution in [0.3, 0.4) is 0 Å². The predicted octanol–water partition coefficient (Wildman–Crippen LogP) is 4.04. The lowest BCUT2D eigenvalue weighted by Gasteiger charge is -2.11. The van der Waals surface area contributed by atoms with E-state index in [2.05, 4.69) is 27.8 Å². The molecule has 2 aromatic carbocycles. The van der Waals surface area contributed by atoms with Crippen molar-refractivity contribution in [2.24, 2.45) is 0 Å². The monoisotopic (exact) mass is 390 g/mol. The lowest BCUT2D eigenvalue weighted by atomic mass is 10.2. The third-order valence-corrected chi connectivity index (χ3v) is 4.05. The number of methoxy groups -OCH3 is 3. The highest BCUT2D eigenvalue weighted by molar-refractivity contribution is 9.10. The van der Waals surface area contributed by atoms with E-state index < -0.39 is 0 Å². The van der Waals surface area contributed by atoms with Crippen LogP contribution in [-0.4, -0.2) is 27.9 Å². The number of rotatable bonds is 6. The molecule has 0 aromatic heterocycles. The van der Waals surface area contributed by atoms with Gasteiger partial charge >= 0.3 is 0 Å². The summed E-state index contributed by atoms with van der Waals surface area (Å²) in [7, 11) is 4.85.